The lowest BCUT2D eigenvalue weighted by atomic mass is 9.93. The Labute approximate surface area is 313 Å². The fourth-order valence-electron chi connectivity index (χ4n) is 7.57. The van der Waals surface area contributed by atoms with Crippen molar-refractivity contribution in [3.63, 3.8) is 0 Å². The minimum atomic E-state index is 0.583. The summed E-state index contributed by atoms with van der Waals surface area (Å²) in [6.07, 6.45) is 0. The third kappa shape index (κ3) is 5.07. The first-order valence-electron chi connectivity index (χ1n) is 17.9. The van der Waals surface area contributed by atoms with Crippen molar-refractivity contribution in [2.45, 2.75) is 0 Å². The van der Waals surface area contributed by atoms with E-state index < -0.39 is 0 Å². The highest BCUT2D eigenvalue weighted by molar-refractivity contribution is 7.21. The first kappa shape index (κ1) is 30.6. The molecule has 0 saturated heterocycles. The highest BCUT2D eigenvalue weighted by Crippen LogP contribution is 2.41. The molecule has 5 nitrogen and oxygen atoms in total. The number of aromatic nitrogens is 4. The minimum Gasteiger partial charge on any atom is -0.456 e. The highest BCUT2D eigenvalue weighted by atomic mass is 32.1. The van der Waals surface area contributed by atoms with Gasteiger partial charge in [0.2, 0.25) is 0 Å². The van der Waals surface area contributed by atoms with Crippen LogP contribution in [0.5, 0.6) is 0 Å². The van der Waals surface area contributed by atoms with Crippen LogP contribution in [0.4, 0.5) is 0 Å². The summed E-state index contributed by atoms with van der Waals surface area (Å²) in [6.45, 7) is 0. The van der Waals surface area contributed by atoms with Crippen molar-refractivity contribution in [2.24, 2.45) is 0 Å². The fourth-order valence-corrected chi connectivity index (χ4v) is 8.55. The van der Waals surface area contributed by atoms with Gasteiger partial charge in [-0.2, -0.15) is 0 Å². The van der Waals surface area contributed by atoms with Gasteiger partial charge in [0.1, 0.15) is 16.2 Å². The molecule has 0 bridgehead atoms. The lowest BCUT2D eigenvalue weighted by Crippen LogP contribution is -2.00. The largest absolute Gasteiger partial charge is 0.456 e. The van der Waals surface area contributed by atoms with E-state index in [1.165, 1.54) is 27.1 Å². The second-order valence-corrected chi connectivity index (χ2v) is 14.5. The predicted molar refractivity (Wildman–Crippen MR) is 222 cm³/mol. The Balaban J connectivity index is 1.06. The van der Waals surface area contributed by atoms with Crippen LogP contribution in [0, 0.1) is 0 Å². The molecule has 8 aromatic carbocycles. The van der Waals surface area contributed by atoms with E-state index >= 15 is 0 Å². The van der Waals surface area contributed by atoms with Crippen LogP contribution in [-0.4, -0.2) is 19.9 Å². The molecule has 0 atom stereocenters. The fraction of sp³-hybridized carbons (Fsp3) is 0. The Morgan fingerprint density at radius 1 is 0.389 bits per heavy atom. The van der Waals surface area contributed by atoms with Gasteiger partial charge in [-0.15, -0.1) is 11.3 Å². The van der Waals surface area contributed by atoms with Crippen LogP contribution in [0.25, 0.3) is 110 Å². The summed E-state index contributed by atoms with van der Waals surface area (Å²) < 4.78 is 7.57. The molecule has 0 fully saturated rings. The van der Waals surface area contributed by atoms with Gasteiger partial charge in [-0.05, 0) is 50.9 Å². The molecule has 0 aliphatic carbocycles. The van der Waals surface area contributed by atoms with Crippen LogP contribution < -0.4 is 0 Å². The Bertz CT molecular complexity index is 3210. The molecule has 6 heteroatoms. The molecule has 0 spiro atoms. The number of furan rings is 1. The van der Waals surface area contributed by atoms with Gasteiger partial charge in [0, 0.05) is 39.1 Å². The molecule has 54 heavy (non-hydrogen) atoms. The quantitative estimate of drug-likeness (QED) is 0.167. The van der Waals surface area contributed by atoms with Gasteiger partial charge in [0.05, 0.1) is 10.2 Å². The number of benzene rings is 8. The molecule has 0 radical (unpaired) electrons. The topological polar surface area (TPSA) is 64.7 Å². The van der Waals surface area contributed by atoms with Crippen molar-refractivity contribution in [3.8, 4) is 55.9 Å². The minimum absolute atomic E-state index is 0.583. The molecule has 0 aliphatic heterocycles. The summed E-state index contributed by atoms with van der Waals surface area (Å²) in [5.74, 6) is 1.80. The maximum atomic E-state index is 6.49. The molecule has 0 aliphatic rings. The molecular weight excluding hydrogens is 681 g/mol. The second-order valence-electron chi connectivity index (χ2n) is 13.4. The zero-order chi connectivity index (χ0) is 35.6. The van der Waals surface area contributed by atoms with E-state index in [4.69, 9.17) is 24.4 Å². The average Bonchev–Trinajstić information content (AvgIpc) is 3.83. The summed E-state index contributed by atoms with van der Waals surface area (Å²) in [6, 6.07) is 58.8. The zero-order valence-electron chi connectivity index (χ0n) is 28.8. The van der Waals surface area contributed by atoms with Crippen LogP contribution in [0.1, 0.15) is 0 Å². The molecule has 252 valence electrons. The van der Waals surface area contributed by atoms with Crippen LogP contribution >= 0.6 is 11.3 Å². The van der Waals surface area contributed by atoms with Crippen LogP contribution in [0.3, 0.4) is 0 Å². The van der Waals surface area contributed by atoms with E-state index in [2.05, 4.69) is 109 Å². The molecule has 0 unspecified atom stereocenters. The molecule has 11 rings (SSSR count). The Morgan fingerprint density at radius 3 is 1.80 bits per heavy atom. The summed E-state index contributed by atoms with van der Waals surface area (Å²) >= 11 is 1.67. The second kappa shape index (κ2) is 12.3. The summed E-state index contributed by atoms with van der Waals surface area (Å²) in [5, 5.41) is 7.87. The molecule has 11 aromatic rings. The van der Waals surface area contributed by atoms with Gasteiger partial charge in [0.15, 0.2) is 17.5 Å². The van der Waals surface area contributed by atoms with Gasteiger partial charge >= 0.3 is 0 Å². The Morgan fingerprint density at radius 2 is 1.02 bits per heavy atom. The van der Waals surface area contributed by atoms with E-state index in [1.54, 1.807) is 11.3 Å². The third-order valence-electron chi connectivity index (χ3n) is 10.2. The maximum absolute atomic E-state index is 6.49. The highest BCUT2D eigenvalue weighted by Gasteiger charge is 2.20. The van der Waals surface area contributed by atoms with E-state index in [-0.39, 0.29) is 0 Å². The molecule has 0 saturated carbocycles. The lowest BCUT2D eigenvalue weighted by Gasteiger charge is -2.12. The molecule has 0 N–H and O–H groups in total. The summed E-state index contributed by atoms with van der Waals surface area (Å²) in [7, 11) is 0. The Hall–Kier alpha value is -7.02. The first-order valence-corrected chi connectivity index (χ1v) is 18.7. The normalized spacial score (nSPS) is 11.7. The summed E-state index contributed by atoms with van der Waals surface area (Å²) in [5.41, 5.74) is 8.66. The van der Waals surface area contributed by atoms with Crippen molar-refractivity contribution in [1.82, 2.24) is 19.9 Å². The number of hydrogen-bond donors (Lipinski definition) is 0. The summed E-state index contributed by atoms with van der Waals surface area (Å²) in [4.78, 5) is 20.3. The molecule has 3 heterocycles. The van der Waals surface area contributed by atoms with Gasteiger partial charge in [0.25, 0.3) is 0 Å². The van der Waals surface area contributed by atoms with Crippen LogP contribution in [-0.2, 0) is 0 Å². The van der Waals surface area contributed by atoms with Crippen molar-refractivity contribution < 1.29 is 4.42 Å². The number of thiazole rings is 1. The monoisotopic (exact) mass is 708 g/mol. The van der Waals surface area contributed by atoms with Gasteiger partial charge in [-0.1, -0.05) is 146 Å². The van der Waals surface area contributed by atoms with E-state index in [9.17, 15) is 0 Å². The van der Waals surface area contributed by atoms with Gasteiger partial charge in [-0.3, -0.25) is 0 Å². The Kier molecular flexibility index (Phi) is 6.97. The van der Waals surface area contributed by atoms with E-state index in [0.29, 0.717) is 17.5 Å². The van der Waals surface area contributed by atoms with Crippen molar-refractivity contribution in [2.75, 3.05) is 0 Å². The van der Waals surface area contributed by atoms with Crippen molar-refractivity contribution in [3.05, 3.63) is 170 Å². The number of hydrogen-bond acceptors (Lipinski definition) is 6. The zero-order valence-corrected chi connectivity index (χ0v) is 29.6. The van der Waals surface area contributed by atoms with Gasteiger partial charge < -0.3 is 4.42 Å². The number of rotatable bonds is 5. The van der Waals surface area contributed by atoms with Crippen LogP contribution in [0.2, 0.25) is 0 Å². The van der Waals surface area contributed by atoms with Crippen molar-refractivity contribution >= 4 is 65.0 Å². The van der Waals surface area contributed by atoms with Crippen molar-refractivity contribution in [1.29, 1.82) is 0 Å². The smallest absolute Gasteiger partial charge is 0.164 e. The van der Waals surface area contributed by atoms with Crippen LogP contribution in [0.15, 0.2) is 174 Å². The predicted octanol–water partition coefficient (Wildman–Crippen LogP) is 13.0. The molecular formula is C48H28N4OS. The molecule has 3 aromatic heterocycles. The lowest BCUT2D eigenvalue weighted by molar-refractivity contribution is 0.669. The average molecular weight is 709 g/mol. The first-order chi connectivity index (χ1) is 26.7. The van der Waals surface area contributed by atoms with Gasteiger partial charge in [-0.25, -0.2) is 19.9 Å². The van der Waals surface area contributed by atoms with E-state index in [0.717, 1.165) is 65.0 Å². The van der Waals surface area contributed by atoms with E-state index in [1.807, 2.05) is 60.7 Å². The maximum Gasteiger partial charge on any atom is 0.164 e. The standard InChI is InChI=1S/C48H28N4OS/c1-3-12-30(13-4-1)45-50-46(31-24-22-29(23-25-31)38-26-33-16-7-8-17-34(33)35-18-9-10-19-36(35)38)52-47(51-45)37-20-11-21-41-44(37)39-27-40-43(28-42(39)53-41)54-48(49-40)32-14-5-2-6-15-32/h1-28H. The number of nitrogens with zero attached hydrogens (tertiary/aromatic N) is 4. The SMILES string of the molecule is c1ccc(-c2nc(-c3ccc(-c4cc5ccccc5c5ccccc45)cc3)nc(-c3cccc4oc5cc6sc(-c7ccccc7)nc6cc5c34)n2)cc1. The molecule has 0 amide bonds. The third-order valence-corrected chi connectivity index (χ3v) is 11.2. The number of fused-ring (bicyclic) bond motifs is 7.